The van der Waals surface area contributed by atoms with Crippen molar-refractivity contribution in [2.45, 2.75) is 39.3 Å². The van der Waals surface area contributed by atoms with Crippen LogP contribution >= 0.6 is 23.2 Å². The predicted molar refractivity (Wildman–Crippen MR) is 110 cm³/mol. The Balaban J connectivity index is 2.24. The van der Waals surface area contributed by atoms with Crippen LogP contribution in [0.2, 0.25) is 10.0 Å². The summed E-state index contributed by atoms with van der Waals surface area (Å²) in [6, 6.07) is 14.1. The molecular formula is C21H24Cl2N2O2. The van der Waals surface area contributed by atoms with Crippen LogP contribution in [0.5, 0.6) is 0 Å². The van der Waals surface area contributed by atoms with Crippen LogP contribution in [0.15, 0.2) is 48.5 Å². The molecule has 0 spiro atoms. The molecule has 0 aliphatic carbocycles. The standard InChI is InChI=1S/C21H24Cl2N2O2/c1-3-12-24-21(27)15(2)25(14-16-8-5-4-6-9-16)20(26)13-17-18(22)10-7-11-19(17)23/h4-11,15H,3,12-14H2,1-2H3,(H,24,27). The molecule has 4 nitrogen and oxygen atoms in total. The molecule has 0 aliphatic heterocycles. The van der Waals surface area contributed by atoms with Gasteiger partial charge in [0.2, 0.25) is 11.8 Å². The normalized spacial score (nSPS) is 11.7. The SMILES string of the molecule is CCCNC(=O)C(C)N(Cc1ccccc1)C(=O)Cc1c(Cl)cccc1Cl. The van der Waals surface area contributed by atoms with Gasteiger partial charge in [-0.05, 0) is 36.6 Å². The number of hydrogen-bond acceptors (Lipinski definition) is 2. The fourth-order valence-electron chi connectivity index (χ4n) is 2.71. The lowest BCUT2D eigenvalue weighted by Crippen LogP contribution is -2.48. The monoisotopic (exact) mass is 406 g/mol. The van der Waals surface area contributed by atoms with Crippen LogP contribution in [0.3, 0.4) is 0 Å². The smallest absolute Gasteiger partial charge is 0.242 e. The number of rotatable bonds is 8. The van der Waals surface area contributed by atoms with Crippen molar-refractivity contribution in [2.24, 2.45) is 0 Å². The van der Waals surface area contributed by atoms with E-state index in [1.54, 1.807) is 30.0 Å². The lowest BCUT2D eigenvalue weighted by Gasteiger charge is -2.29. The van der Waals surface area contributed by atoms with Crippen molar-refractivity contribution in [1.82, 2.24) is 10.2 Å². The van der Waals surface area contributed by atoms with E-state index < -0.39 is 6.04 Å². The molecule has 2 rings (SSSR count). The van der Waals surface area contributed by atoms with Crippen LogP contribution in [0.1, 0.15) is 31.4 Å². The maximum Gasteiger partial charge on any atom is 0.242 e. The highest BCUT2D eigenvalue weighted by atomic mass is 35.5. The summed E-state index contributed by atoms with van der Waals surface area (Å²) in [7, 11) is 0. The third kappa shape index (κ3) is 5.98. The zero-order chi connectivity index (χ0) is 19.8. The second-order valence-corrected chi connectivity index (χ2v) is 7.17. The molecule has 0 bridgehead atoms. The van der Waals surface area contributed by atoms with Gasteiger partial charge in [0.25, 0.3) is 0 Å². The average molecular weight is 407 g/mol. The zero-order valence-electron chi connectivity index (χ0n) is 15.5. The molecule has 2 aromatic rings. The van der Waals surface area contributed by atoms with Gasteiger partial charge >= 0.3 is 0 Å². The van der Waals surface area contributed by atoms with E-state index in [1.165, 1.54) is 0 Å². The van der Waals surface area contributed by atoms with E-state index in [0.717, 1.165) is 12.0 Å². The Morgan fingerprint density at radius 3 is 2.26 bits per heavy atom. The molecule has 6 heteroatoms. The summed E-state index contributed by atoms with van der Waals surface area (Å²) in [6.07, 6.45) is 0.872. The Labute approximate surface area is 170 Å². The number of carbonyl (C=O) groups excluding carboxylic acids is 2. The van der Waals surface area contributed by atoms with Crippen LogP contribution in [0.25, 0.3) is 0 Å². The van der Waals surface area contributed by atoms with Gasteiger partial charge in [0.05, 0.1) is 6.42 Å². The van der Waals surface area contributed by atoms with Gasteiger partial charge in [-0.1, -0.05) is 66.5 Å². The Bertz CT molecular complexity index is 761. The van der Waals surface area contributed by atoms with Gasteiger partial charge in [0.1, 0.15) is 6.04 Å². The van der Waals surface area contributed by atoms with Crippen molar-refractivity contribution < 1.29 is 9.59 Å². The first-order valence-electron chi connectivity index (χ1n) is 8.98. The van der Waals surface area contributed by atoms with Gasteiger partial charge < -0.3 is 10.2 Å². The molecular weight excluding hydrogens is 383 g/mol. The first kappa shape index (κ1) is 21.3. The number of nitrogens with zero attached hydrogens (tertiary/aromatic N) is 1. The van der Waals surface area contributed by atoms with Gasteiger partial charge in [-0.25, -0.2) is 0 Å². The average Bonchev–Trinajstić information content (AvgIpc) is 2.67. The highest BCUT2D eigenvalue weighted by Gasteiger charge is 2.26. The molecule has 2 aromatic carbocycles. The van der Waals surface area contributed by atoms with Crippen molar-refractivity contribution >= 4 is 35.0 Å². The highest BCUT2D eigenvalue weighted by Crippen LogP contribution is 2.25. The number of hydrogen-bond donors (Lipinski definition) is 1. The predicted octanol–water partition coefficient (Wildman–Crippen LogP) is 4.48. The summed E-state index contributed by atoms with van der Waals surface area (Å²) < 4.78 is 0. The van der Waals surface area contributed by atoms with Gasteiger partial charge in [-0.3, -0.25) is 9.59 Å². The summed E-state index contributed by atoms with van der Waals surface area (Å²) in [5, 5.41) is 3.74. The van der Waals surface area contributed by atoms with Crippen LogP contribution in [-0.2, 0) is 22.6 Å². The Morgan fingerprint density at radius 1 is 1.04 bits per heavy atom. The summed E-state index contributed by atoms with van der Waals surface area (Å²) in [6.45, 7) is 4.63. The molecule has 1 atom stereocenters. The van der Waals surface area contributed by atoms with Crippen LogP contribution in [-0.4, -0.2) is 29.3 Å². The summed E-state index contributed by atoms with van der Waals surface area (Å²) in [5.74, 6) is -0.376. The number of amides is 2. The third-order valence-electron chi connectivity index (χ3n) is 4.30. The van der Waals surface area contributed by atoms with Crippen molar-refractivity contribution in [3.63, 3.8) is 0 Å². The third-order valence-corrected chi connectivity index (χ3v) is 5.01. The first-order chi connectivity index (χ1) is 12.9. The van der Waals surface area contributed by atoms with E-state index in [0.29, 0.717) is 28.7 Å². The number of carbonyl (C=O) groups is 2. The quantitative estimate of drug-likeness (QED) is 0.702. The second kappa shape index (κ2) is 10.3. The molecule has 0 fully saturated rings. The Kier molecular flexibility index (Phi) is 8.14. The summed E-state index contributed by atoms with van der Waals surface area (Å²) >= 11 is 12.4. The lowest BCUT2D eigenvalue weighted by molar-refractivity contribution is -0.140. The lowest BCUT2D eigenvalue weighted by atomic mass is 10.1. The Morgan fingerprint density at radius 2 is 1.67 bits per heavy atom. The van der Waals surface area contributed by atoms with Gasteiger partial charge in [-0.2, -0.15) is 0 Å². The molecule has 0 aliphatic rings. The van der Waals surface area contributed by atoms with Crippen LogP contribution in [0.4, 0.5) is 0 Å². The van der Waals surface area contributed by atoms with Gasteiger partial charge in [0, 0.05) is 23.1 Å². The van der Waals surface area contributed by atoms with E-state index in [1.807, 2.05) is 37.3 Å². The Hall–Kier alpha value is -2.04. The molecule has 0 heterocycles. The zero-order valence-corrected chi connectivity index (χ0v) is 17.1. The maximum absolute atomic E-state index is 13.1. The van der Waals surface area contributed by atoms with Crippen LogP contribution in [0, 0.1) is 0 Å². The topological polar surface area (TPSA) is 49.4 Å². The van der Waals surface area contributed by atoms with E-state index in [4.69, 9.17) is 23.2 Å². The van der Waals surface area contributed by atoms with Crippen molar-refractivity contribution in [2.75, 3.05) is 6.54 Å². The molecule has 1 N–H and O–H groups in total. The molecule has 144 valence electrons. The molecule has 27 heavy (non-hydrogen) atoms. The fourth-order valence-corrected chi connectivity index (χ4v) is 3.24. The number of nitrogens with one attached hydrogen (secondary N) is 1. The number of halogens is 2. The van der Waals surface area contributed by atoms with Gasteiger partial charge in [0.15, 0.2) is 0 Å². The minimum absolute atomic E-state index is 0.0384. The molecule has 0 radical (unpaired) electrons. The molecule has 2 amide bonds. The summed E-state index contributed by atoms with van der Waals surface area (Å²) in [5.41, 5.74) is 1.52. The molecule has 0 saturated carbocycles. The maximum atomic E-state index is 13.1. The second-order valence-electron chi connectivity index (χ2n) is 6.35. The highest BCUT2D eigenvalue weighted by molar-refractivity contribution is 6.36. The molecule has 0 saturated heterocycles. The minimum atomic E-state index is -0.606. The molecule has 0 aromatic heterocycles. The summed E-state index contributed by atoms with van der Waals surface area (Å²) in [4.78, 5) is 27.1. The number of benzene rings is 2. The van der Waals surface area contributed by atoms with E-state index >= 15 is 0 Å². The van der Waals surface area contributed by atoms with E-state index in [-0.39, 0.29) is 18.2 Å². The largest absolute Gasteiger partial charge is 0.354 e. The first-order valence-corrected chi connectivity index (χ1v) is 9.73. The van der Waals surface area contributed by atoms with Crippen molar-refractivity contribution in [1.29, 1.82) is 0 Å². The van der Waals surface area contributed by atoms with Crippen molar-refractivity contribution in [3.05, 3.63) is 69.7 Å². The molecule has 1 unspecified atom stereocenters. The van der Waals surface area contributed by atoms with Gasteiger partial charge in [-0.15, -0.1) is 0 Å². The van der Waals surface area contributed by atoms with Crippen LogP contribution < -0.4 is 5.32 Å². The fraction of sp³-hybridized carbons (Fsp3) is 0.333. The van der Waals surface area contributed by atoms with E-state index in [9.17, 15) is 9.59 Å². The minimum Gasteiger partial charge on any atom is -0.354 e. The van der Waals surface area contributed by atoms with Crippen molar-refractivity contribution in [3.8, 4) is 0 Å². The van der Waals surface area contributed by atoms with E-state index in [2.05, 4.69) is 5.32 Å².